The maximum atomic E-state index is 10.1. The van der Waals surface area contributed by atoms with Crippen LogP contribution in [-0.4, -0.2) is 29.4 Å². The lowest BCUT2D eigenvalue weighted by Gasteiger charge is -2.17. The molecule has 0 aliphatic carbocycles. The number of benzene rings is 1. The molecular weight excluding hydrogens is 238 g/mol. The number of hydrogen-bond donors (Lipinski definition) is 3. The molecule has 108 valence electrons. The van der Waals surface area contributed by atoms with E-state index in [1.807, 2.05) is 12.1 Å². The first-order chi connectivity index (χ1) is 9.04. The van der Waals surface area contributed by atoms with Crippen LogP contribution >= 0.6 is 0 Å². The summed E-state index contributed by atoms with van der Waals surface area (Å²) in [5.41, 5.74) is 2.24. The zero-order valence-electron chi connectivity index (χ0n) is 12.3. The third-order valence-corrected chi connectivity index (χ3v) is 3.44. The number of aliphatic hydroxyl groups is 2. The molecule has 1 aromatic rings. The van der Waals surface area contributed by atoms with E-state index in [1.54, 1.807) is 0 Å². The molecule has 2 unspecified atom stereocenters. The Bertz CT molecular complexity index is 348. The second-order valence-electron chi connectivity index (χ2n) is 5.51. The smallest absolute Gasteiger partial charge is 0.0914 e. The Kier molecular flexibility index (Phi) is 7.06. The normalized spacial score (nSPS) is 14.6. The molecule has 0 saturated carbocycles. The maximum Gasteiger partial charge on any atom is 0.0914 e. The van der Waals surface area contributed by atoms with Crippen LogP contribution in [-0.2, 0) is 0 Å². The largest absolute Gasteiger partial charge is 0.396 e. The number of hydrogen-bond acceptors (Lipinski definition) is 3. The molecule has 0 heterocycles. The van der Waals surface area contributed by atoms with E-state index in [-0.39, 0.29) is 6.61 Å². The molecule has 2 atom stereocenters. The van der Waals surface area contributed by atoms with Crippen molar-refractivity contribution in [3.63, 3.8) is 0 Å². The van der Waals surface area contributed by atoms with Crippen molar-refractivity contribution in [3.05, 3.63) is 35.4 Å². The minimum Gasteiger partial charge on any atom is -0.396 e. The van der Waals surface area contributed by atoms with Gasteiger partial charge in [0.15, 0.2) is 0 Å². The third-order valence-electron chi connectivity index (χ3n) is 3.44. The molecule has 19 heavy (non-hydrogen) atoms. The Morgan fingerprint density at radius 2 is 1.63 bits per heavy atom. The van der Waals surface area contributed by atoms with Gasteiger partial charge < -0.3 is 15.5 Å². The van der Waals surface area contributed by atoms with Gasteiger partial charge in [-0.05, 0) is 36.8 Å². The van der Waals surface area contributed by atoms with E-state index >= 15 is 0 Å². The number of rotatable bonds is 8. The molecule has 0 aliphatic heterocycles. The van der Waals surface area contributed by atoms with Crippen molar-refractivity contribution >= 4 is 0 Å². The Balaban J connectivity index is 2.42. The lowest BCUT2D eigenvalue weighted by molar-refractivity contribution is 0.169. The first-order valence-electron chi connectivity index (χ1n) is 7.16. The van der Waals surface area contributed by atoms with E-state index in [0.717, 1.165) is 18.4 Å². The lowest BCUT2D eigenvalue weighted by atomic mass is 10.00. The van der Waals surface area contributed by atoms with Crippen LogP contribution in [0.4, 0.5) is 0 Å². The Hall–Kier alpha value is -0.900. The van der Waals surface area contributed by atoms with Gasteiger partial charge in [-0.25, -0.2) is 0 Å². The van der Waals surface area contributed by atoms with E-state index < -0.39 is 6.10 Å². The highest BCUT2D eigenvalue weighted by molar-refractivity contribution is 5.26. The predicted octanol–water partition coefficient (Wildman–Crippen LogP) is 2.59. The van der Waals surface area contributed by atoms with E-state index in [0.29, 0.717) is 18.5 Å². The number of nitrogens with one attached hydrogen (secondary N) is 1. The second kappa shape index (κ2) is 8.31. The summed E-state index contributed by atoms with van der Waals surface area (Å²) >= 11 is 0. The summed E-state index contributed by atoms with van der Waals surface area (Å²) < 4.78 is 0. The molecular formula is C16H27NO2. The van der Waals surface area contributed by atoms with Gasteiger partial charge in [-0.3, -0.25) is 0 Å². The minimum absolute atomic E-state index is 0.227. The highest BCUT2D eigenvalue weighted by Crippen LogP contribution is 2.18. The molecule has 1 rings (SSSR count). The van der Waals surface area contributed by atoms with Crippen LogP contribution in [0.2, 0.25) is 0 Å². The van der Waals surface area contributed by atoms with E-state index in [9.17, 15) is 5.11 Å². The van der Waals surface area contributed by atoms with Crippen LogP contribution < -0.4 is 5.32 Å². The Labute approximate surface area is 116 Å². The molecule has 3 nitrogen and oxygen atoms in total. The fourth-order valence-electron chi connectivity index (χ4n) is 2.03. The average Bonchev–Trinajstić information content (AvgIpc) is 2.42. The molecule has 1 aromatic carbocycles. The van der Waals surface area contributed by atoms with Crippen molar-refractivity contribution in [2.45, 2.75) is 51.7 Å². The standard InChI is InChI=1S/C16H27NO2/c1-12(2)14-6-8-15(9-7-14)16(19)11-17-13(3)5-4-10-18/h6-9,12-13,16-19H,4-5,10-11H2,1-3H3. The molecule has 3 N–H and O–H groups in total. The summed E-state index contributed by atoms with van der Waals surface area (Å²) in [6.07, 6.45) is 1.25. The van der Waals surface area contributed by atoms with Crippen molar-refractivity contribution in [2.24, 2.45) is 0 Å². The van der Waals surface area contributed by atoms with Crippen LogP contribution in [0.3, 0.4) is 0 Å². The van der Waals surface area contributed by atoms with Crippen LogP contribution in [0.15, 0.2) is 24.3 Å². The zero-order valence-corrected chi connectivity index (χ0v) is 12.3. The first-order valence-corrected chi connectivity index (χ1v) is 7.16. The van der Waals surface area contributed by atoms with Gasteiger partial charge in [0.2, 0.25) is 0 Å². The van der Waals surface area contributed by atoms with Crippen LogP contribution in [0.1, 0.15) is 56.8 Å². The topological polar surface area (TPSA) is 52.5 Å². The summed E-state index contributed by atoms with van der Waals surface area (Å²) in [4.78, 5) is 0. The van der Waals surface area contributed by atoms with Gasteiger partial charge in [0.25, 0.3) is 0 Å². The van der Waals surface area contributed by atoms with Crippen LogP contribution in [0.25, 0.3) is 0 Å². The predicted molar refractivity (Wildman–Crippen MR) is 79.3 cm³/mol. The summed E-state index contributed by atoms with van der Waals surface area (Å²) in [6.45, 7) is 7.18. The molecule has 0 amide bonds. The summed E-state index contributed by atoms with van der Waals surface area (Å²) in [5, 5.41) is 22.2. The minimum atomic E-state index is -0.474. The zero-order chi connectivity index (χ0) is 14.3. The molecule has 0 radical (unpaired) electrons. The van der Waals surface area contributed by atoms with Gasteiger partial charge in [-0.15, -0.1) is 0 Å². The lowest BCUT2D eigenvalue weighted by Crippen LogP contribution is -2.30. The van der Waals surface area contributed by atoms with Crippen LogP contribution in [0, 0.1) is 0 Å². The molecule has 0 fully saturated rings. The molecule has 0 saturated heterocycles. The molecule has 0 aliphatic rings. The number of aliphatic hydroxyl groups excluding tert-OH is 2. The Morgan fingerprint density at radius 3 is 2.16 bits per heavy atom. The average molecular weight is 265 g/mol. The van der Waals surface area contributed by atoms with Crippen molar-refractivity contribution in [2.75, 3.05) is 13.2 Å². The van der Waals surface area contributed by atoms with Crippen LogP contribution in [0.5, 0.6) is 0 Å². The van der Waals surface area contributed by atoms with E-state index in [2.05, 4.69) is 38.2 Å². The SMILES string of the molecule is CC(CCCO)NCC(O)c1ccc(C(C)C)cc1. The van der Waals surface area contributed by atoms with Crippen molar-refractivity contribution in [1.82, 2.24) is 5.32 Å². The summed E-state index contributed by atoms with van der Waals surface area (Å²) in [6, 6.07) is 8.48. The van der Waals surface area contributed by atoms with Gasteiger partial charge >= 0.3 is 0 Å². The van der Waals surface area contributed by atoms with Gasteiger partial charge in [0, 0.05) is 19.2 Å². The fraction of sp³-hybridized carbons (Fsp3) is 0.625. The van der Waals surface area contributed by atoms with Crippen molar-refractivity contribution < 1.29 is 10.2 Å². The fourth-order valence-corrected chi connectivity index (χ4v) is 2.03. The molecule has 0 aromatic heterocycles. The van der Waals surface area contributed by atoms with Gasteiger partial charge in [0.1, 0.15) is 0 Å². The second-order valence-corrected chi connectivity index (χ2v) is 5.51. The quantitative estimate of drug-likeness (QED) is 0.677. The highest BCUT2D eigenvalue weighted by atomic mass is 16.3. The third kappa shape index (κ3) is 5.72. The summed E-state index contributed by atoms with van der Waals surface area (Å²) in [7, 11) is 0. The van der Waals surface area contributed by atoms with E-state index in [1.165, 1.54) is 5.56 Å². The molecule has 3 heteroatoms. The van der Waals surface area contributed by atoms with Crippen molar-refractivity contribution in [3.8, 4) is 0 Å². The molecule has 0 bridgehead atoms. The monoisotopic (exact) mass is 265 g/mol. The van der Waals surface area contributed by atoms with Gasteiger partial charge in [-0.1, -0.05) is 38.1 Å². The highest BCUT2D eigenvalue weighted by Gasteiger charge is 2.09. The molecule has 0 spiro atoms. The summed E-state index contributed by atoms with van der Waals surface area (Å²) in [5.74, 6) is 0.517. The van der Waals surface area contributed by atoms with E-state index in [4.69, 9.17) is 5.11 Å². The first kappa shape index (κ1) is 16.2. The Morgan fingerprint density at radius 1 is 1.05 bits per heavy atom. The van der Waals surface area contributed by atoms with Gasteiger partial charge in [-0.2, -0.15) is 0 Å². The maximum absolute atomic E-state index is 10.1. The van der Waals surface area contributed by atoms with Gasteiger partial charge in [0.05, 0.1) is 6.10 Å². The van der Waals surface area contributed by atoms with Crippen molar-refractivity contribution in [1.29, 1.82) is 0 Å².